The Bertz CT molecular complexity index is 1070. The summed E-state index contributed by atoms with van der Waals surface area (Å²) in [7, 11) is 0. The lowest BCUT2D eigenvalue weighted by Gasteiger charge is -2.39. The summed E-state index contributed by atoms with van der Waals surface area (Å²) in [4.78, 5) is 40.9. The molecule has 8 heteroatoms. The molecule has 0 bridgehead atoms. The highest BCUT2D eigenvalue weighted by Gasteiger charge is 2.40. The minimum absolute atomic E-state index is 0.0653. The molecule has 1 aliphatic carbocycles. The molecular formula is C27H34N4O4. The molecule has 2 aliphatic rings. The Morgan fingerprint density at radius 3 is 2.54 bits per heavy atom. The second kappa shape index (κ2) is 10.9. The van der Waals surface area contributed by atoms with E-state index in [1.807, 2.05) is 32.0 Å². The van der Waals surface area contributed by atoms with E-state index in [2.05, 4.69) is 10.6 Å². The zero-order valence-corrected chi connectivity index (χ0v) is 20.3. The zero-order valence-electron chi connectivity index (χ0n) is 20.3. The molecule has 4 N–H and O–H groups in total. The number of anilines is 2. The van der Waals surface area contributed by atoms with Crippen LogP contribution >= 0.6 is 0 Å². The van der Waals surface area contributed by atoms with Crippen LogP contribution in [-0.4, -0.2) is 42.5 Å². The van der Waals surface area contributed by atoms with E-state index in [9.17, 15) is 14.4 Å². The van der Waals surface area contributed by atoms with Crippen molar-refractivity contribution in [3.8, 4) is 5.75 Å². The highest BCUT2D eigenvalue weighted by atomic mass is 16.5. The molecule has 2 unspecified atom stereocenters. The molecule has 8 nitrogen and oxygen atoms in total. The van der Waals surface area contributed by atoms with Gasteiger partial charge in [0.05, 0.1) is 11.4 Å². The molecule has 2 aromatic carbocycles. The summed E-state index contributed by atoms with van der Waals surface area (Å²) >= 11 is 0. The van der Waals surface area contributed by atoms with Gasteiger partial charge in [-0.15, -0.1) is 0 Å². The number of amides is 3. The standard InChI is InChI=1S/C27H34N4O4/c1-3-17(2)25-27(34)30-22-15-18(26(33)29-20-12-10-19(28)11-13-20)9-14-23(22)31(25)24(32)16-35-21-7-5-4-6-8-21/h4-9,14-15,17,19-20,25H,3,10-13,16,28H2,1-2H3,(H,29,33)(H,30,34). The number of carbonyl (C=O) groups excluding carboxylic acids is 3. The Morgan fingerprint density at radius 2 is 1.86 bits per heavy atom. The van der Waals surface area contributed by atoms with Gasteiger partial charge in [0, 0.05) is 17.6 Å². The average Bonchev–Trinajstić information content (AvgIpc) is 2.87. The van der Waals surface area contributed by atoms with Crippen LogP contribution in [0.3, 0.4) is 0 Å². The number of ether oxygens (including phenoxy) is 1. The van der Waals surface area contributed by atoms with E-state index >= 15 is 0 Å². The number of benzene rings is 2. The van der Waals surface area contributed by atoms with Crippen LogP contribution in [0.25, 0.3) is 0 Å². The average molecular weight is 479 g/mol. The van der Waals surface area contributed by atoms with Gasteiger partial charge < -0.3 is 21.1 Å². The molecule has 35 heavy (non-hydrogen) atoms. The third kappa shape index (κ3) is 5.65. The summed E-state index contributed by atoms with van der Waals surface area (Å²) in [5, 5.41) is 5.99. The largest absolute Gasteiger partial charge is 0.484 e. The highest BCUT2D eigenvalue weighted by molar-refractivity contribution is 6.13. The predicted molar refractivity (Wildman–Crippen MR) is 135 cm³/mol. The molecule has 1 saturated carbocycles. The van der Waals surface area contributed by atoms with Gasteiger partial charge in [-0.2, -0.15) is 0 Å². The number of fused-ring (bicyclic) bond motifs is 1. The van der Waals surface area contributed by atoms with Gasteiger partial charge in [0.2, 0.25) is 5.91 Å². The number of rotatable bonds is 7. The van der Waals surface area contributed by atoms with Gasteiger partial charge in [-0.1, -0.05) is 38.5 Å². The molecule has 1 fully saturated rings. The maximum atomic E-state index is 13.3. The molecule has 1 heterocycles. The lowest BCUT2D eigenvalue weighted by molar-refractivity contribution is -0.126. The smallest absolute Gasteiger partial charge is 0.265 e. The van der Waals surface area contributed by atoms with Crippen molar-refractivity contribution in [2.75, 3.05) is 16.8 Å². The Kier molecular flexibility index (Phi) is 7.70. The molecule has 0 spiro atoms. The molecule has 2 aromatic rings. The van der Waals surface area contributed by atoms with E-state index in [4.69, 9.17) is 10.5 Å². The second-order valence-corrected chi connectivity index (χ2v) is 9.50. The Hall–Kier alpha value is -3.39. The van der Waals surface area contributed by atoms with Crippen molar-refractivity contribution in [3.63, 3.8) is 0 Å². The molecule has 1 aliphatic heterocycles. The summed E-state index contributed by atoms with van der Waals surface area (Å²) in [5.41, 5.74) is 7.42. The van der Waals surface area contributed by atoms with Crippen LogP contribution in [-0.2, 0) is 9.59 Å². The SMILES string of the molecule is CCC(C)C1C(=O)Nc2cc(C(=O)NC3CCC(N)CC3)ccc2N1C(=O)COc1ccccc1. The quantitative estimate of drug-likeness (QED) is 0.564. The fraction of sp³-hybridized carbons (Fsp3) is 0.444. The van der Waals surface area contributed by atoms with E-state index in [0.717, 1.165) is 32.1 Å². The third-order valence-corrected chi connectivity index (χ3v) is 6.99. The highest BCUT2D eigenvalue weighted by Crippen LogP contribution is 2.36. The molecular weight excluding hydrogens is 444 g/mol. The Balaban J connectivity index is 1.56. The summed E-state index contributed by atoms with van der Waals surface area (Å²) in [5.74, 6) is -0.260. The summed E-state index contributed by atoms with van der Waals surface area (Å²) in [6, 6.07) is 13.8. The summed E-state index contributed by atoms with van der Waals surface area (Å²) < 4.78 is 5.69. The fourth-order valence-corrected chi connectivity index (χ4v) is 4.75. The lowest BCUT2D eigenvalue weighted by Crippen LogP contribution is -2.55. The Morgan fingerprint density at radius 1 is 1.14 bits per heavy atom. The van der Waals surface area contributed by atoms with Crippen LogP contribution in [0.4, 0.5) is 11.4 Å². The first-order chi connectivity index (χ1) is 16.9. The molecule has 0 saturated heterocycles. The van der Waals surface area contributed by atoms with Crippen LogP contribution in [0.2, 0.25) is 0 Å². The van der Waals surface area contributed by atoms with E-state index in [0.29, 0.717) is 22.7 Å². The number of nitrogens with two attached hydrogens (primary N) is 1. The van der Waals surface area contributed by atoms with E-state index in [1.54, 1.807) is 30.3 Å². The topological polar surface area (TPSA) is 114 Å². The number of para-hydroxylation sites is 1. The molecule has 0 aromatic heterocycles. The number of hydrogen-bond donors (Lipinski definition) is 3. The fourth-order valence-electron chi connectivity index (χ4n) is 4.75. The van der Waals surface area contributed by atoms with Gasteiger partial charge in [-0.05, 0) is 61.9 Å². The monoisotopic (exact) mass is 478 g/mol. The van der Waals surface area contributed by atoms with Gasteiger partial charge in [0.1, 0.15) is 11.8 Å². The van der Waals surface area contributed by atoms with Crippen LogP contribution in [0.15, 0.2) is 48.5 Å². The van der Waals surface area contributed by atoms with E-state index < -0.39 is 6.04 Å². The lowest BCUT2D eigenvalue weighted by atomic mass is 9.91. The van der Waals surface area contributed by atoms with Crippen LogP contribution < -0.4 is 26.0 Å². The van der Waals surface area contributed by atoms with Crippen molar-refractivity contribution in [1.29, 1.82) is 0 Å². The molecule has 0 radical (unpaired) electrons. The van der Waals surface area contributed by atoms with Crippen molar-refractivity contribution < 1.29 is 19.1 Å². The zero-order chi connectivity index (χ0) is 24.9. The summed E-state index contributed by atoms with van der Waals surface area (Å²) in [6.45, 7) is 3.74. The number of nitrogens with one attached hydrogen (secondary N) is 2. The molecule has 4 rings (SSSR count). The van der Waals surface area contributed by atoms with E-state index in [-0.39, 0.29) is 42.3 Å². The predicted octanol–water partition coefficient (Wildman–Crippen LogP) is 3.47. The van der Waals surface area contributed by atoms with Crippen LogP contribution in [0, 0.1) is 5.92 Å². The first kappa shape index (κ1) is 24.7. The minimum atomic E-state index is -0.662. The van der Waals surface area contributed by atoms with Crippen molar-refractivity contribution in [2.24, 2.45) is 11.7 Å². The maximum Gasteiger partial charge on any atom is 0.265 e. The minimum Gasteiger partial charge on any atom is -0.484 e. The van der Waals surface area contributed by atoms with Crippen molar-refractivity contribution in [2.45, 2.75) is 64.1 Å². The van der Waals surface area contributed by atoms with Gasteiger partial charge in [-0.25, -0.2) is 0 Å². The first-order valence-corrected chi connectivity index (χ1v) is 12.4. The molecule has 3 amide bonds. The molecule has 186 valence electrons. The third-order valence-electron chi connectivity index (χ3n) is 6.99. The molecule has 2 atom stereocenters. The Labute approximate surface area is 206 Å². The van der Waals surface area contributed by atoms with Gasteiger partial charge in [0.15, 0.2) is 6.61 Å². The number of hydrogen-bond acceptors (Lipinski definition) is 5. The van der Waals surface area contributed by atoms with Crippen LogP contribution in [0.1, 0.15) is 56.3 Å². The number of carbonyl (C=O) groups is 3. The summed E-state index contributed by atoms with van der Waals surface area (Å²) in [6.07, 6.45) is 4.22. The van der Waals surface area contributed by atoms with Crippen molar-refractivity contribution in [3.05, 3.63) is 54.1 Å². The normalized spacial score (nSPS) is 22.5. The first-order valence-electron chi connectivity index (χ1n) is 12.4. The van der Waals surface area contributed by atoms with Gasteiger partial charge in [-0.3, -0.25) is 19.3 Å². The number of nitrogens with zero attached hydrogens (tertiary/aromatic N) is 1. The van der Waals surface area contributed by atoms with Crippen molar-refractivity contribution in [1.82, 2.24) is 5.32 Å². The van der Waals surface area contributed by atoms with Crippen molar-refractivity contribution >= 4 is 29.1 Å². The van der Waals surface area contributed by atoms with Gasteiger partial charge >= 0.3 is 0 Å². The van der Waals surface area contributed by atoms with Crippen LogP contribution in [0.5, 0.6) is 5.75 Å². The van der Waals surface area contributed by atoms with Gasteiger partial charge in [0.25, 0.3) is 11.8 Å². The van der Waals surface area contributed by atoms with E-state index in [1.165, 1.54) is 4.90 Å². The maximum absolute atomic E-state index is 13.3. The second-order valence-electron chi connectivity index (χ2n) is 9.50.